The lowest BCUT2D eigenvalue weighted by Crippen LogP contribution is -2.11. The molecule has 0 radical (unpaired) electrons. The van der Waals surface area contributed by atoms with Crippen LogP contribution in [0.1, 0.15) is 15.9 Å². The summed E-state index contributed by atoms with van der Waals surface area (Å²) in [5, 5.41) is 11.8. The maximum absolute atomic E-state index is 12.3. The van der Waals surface area contributed by atoms with Crippen molar-refractivity contribution < 1.29 is 32.6 Å². The second kappa shape index (κ2) is 9.11. The fraction of sp³-hybridized carbons (Fsp3) is 0.158. The van der Waals surface area contributed by atoms with Crippen LogP contribution in [0, 0.1) is 0 Å². The van der Waals surface area contributed by atoms with Crippen LogP contribution in [0.5, 0.6) is 11.5 Å². The molecule has 10 heteroatoms. The van der Waals surface area contributed by atoms with Crippen LogP contribution in [0.25, 0.3) is 6.08 Å². The predicted molar refractivity (Wildman–Crippen MR) is 109 cm³/mol. The molecule has 0 bridgehead atoms. The van der Waals surface area contributed by atoms with Crippen LogP contribution in [-0.2, 0) is 14.8 Å². The second-order valence-corrected chi connectivity index (χ2v) is 7.63. The summed E-state index contributed by atoms with van der Waals surface area (Å²) in [7, 11) is -0.639. The number of carbonyl (C=O) groups excluding carboxylic acids is 1. The number of aromatic carboxylic acids is 1. The number of sulfonamides is 1. The zero-order valence-electron chi connectivity index (χ0n) is 15.9. The minimum Gasteiger partial charge on any atom is -0.493 e. The SMILES string of the molecule is COc1cc(C(=O)O)cc(NC(=O)/C=C/c2ccc(NS(C)(=O)=O)cc2)c1OC. The molecule has 3 N–H and O–H groups in total. The van der Waals surface area contributed by atoms with Gasteiger partial charge >= 0.3 is 5.97 Å². The molecule has 0 atom stereocenters. The number of amides is 1. The standard InChI is InChI=1S/C19H20N2O7S/c1-27-16-11-13(19(23)24)10-15(18(16)28-2)20-17(22)9-6-12-4-7-14(8-5-12)21-29(3,25)26/h4-11,21H,1-3H3,(H,20,22)(H,23,24)/b9-6+. The van der Waals surface area contributed by atoms with E-state index in [-0.39, 0.29) is 22.7 Å². The Balaban J connectivity index is 2.18. The smallest absolute Gasteiger partial charge is 0.335 e. The summed E-state index contributed by atoms with van der Waals surface area (Å²) in [4.78, 5) is 23.5. The molecule has 0 heterocycles. The lowest BCUT2D eigenvalue weighted by Gasteiger charge is -2.14. The summed E-state index contributed by atoms with van der Waals surface area (Å²) in [5.41, 5.74) is 1.13. The van der Waals surface area contributed by atoms with E-state index in [1.165, 1.54) is 38.5 Å². The number of hydrogen-bond acceptors (Lipinski definition) is 6. The molecule has 9 nitrogen and oxygen atoms in total. The first kappa shape index (κ1) is 21.8. The van der Waals surface area contributed by atoms with Crippen molar-refractivity contribution in [3.05, 3.63) is 53.6 Å². The molecule has 154 valence electrons. The topological polar surface area (TPSA) is 131 Å². The first-order valence-corrected chi connectivity index (χ1v) is 10.1. The molecule has 0 aliphatic carbocycles. The Bertz CT molecular complexity index is 1040. The Kier molecular flexibility index (Phi) is 6.84. The van der Waals surface area contributed by atoms with E-state index >= 15 is 0 Å². The van der Waals surface area contributed by atoms with E-state index in [4.69, 9.17) is 9.47 Å². The van der Waals surface area contributed by atoms with Gasteiger partial charge in [-0.15, -0.1) is 0 Å². The number of hydrogen-bond donors (Lipinski definition) is 3. The second-order valence-electron chi connectivity index (χ2n) is 5.88. The van der Waals surface area contributed by atoms with Crippen molar-refractivity contribution in [1.82, 2.24) is 0 Å². The number of ether oxygens (including phenoxy) is 2. The summed E-state index contributed by atoms with van der Waals surface area (Å²) in [6.45, 7) is 0. The van der Waals surface area contributed by atoms with Gasteiger partial charge in [-0.25, -0.2) is 13.2 Å². The summed E-state index contributed by atoms with van der Waals surface area (Å²) >= 11 is 0. The van der Waals surface area contributed by atoms with Crippen LogP contribution in [0.15, 0.2) is 42.5 Å². The van der Waals surface area contributed by atoms with Crippen molar-refractivity contribution >= 4 is 39.4 Å². The number of carboxylic acid groups (broad SMARTS) is 1. The monoisotopic (exact) mass is 420 g/mol. The maximum atomic E-state index is 12.3. The molecule has 0 aliphatic heterocycles. The van der Waals surface area contributed by atoms with E-state index in [2.05, 4.69) is 10.0 Å². The van der Waals surface area contributed by atoms with Crippen molar-refractivity contribution in [2.75, 3.05) is 30.5 Å². The van der Waals surface area contributed by atoms with Gasteiger partial charge in [0.2, 0.25) is 15.9 Å². The van der Waals surface area contributed by atoms with Crippen molar-refractivity contribution in [3.63, 3.8) is 0 Å². The summed E-state index contributed by atoms with van der Waals surface area (Å²) in [5.74, 6) is -1.35. The molecule has 29 heavy (non-hydrogen) atoms. The molecule has 2 rings (SSSR count). The van der Waals surface area contributed by atoms with E-state index in [0.29, 0.717) is 11.3 Å². The third-order valence-corrected chi connectivity index (χ3v) is 4.23. The number of rotatable bonds is 8. The Morgan fingerprint density at radius 3 is 2.24 bits per heavy atom. The Labute approximate surface area is 168 Å². The van der Waals surface area contributed by atoms with Gasteiger partial charge in [0.05, 0.1) is 31.7 Å². The number of carboxylic acids is 1. The average molecular weight is 420 g/mol. The third kappa shape index (κ3) is 6.25. The molecule has 0 aromatic heterocycles. The summed E-state index contributed by atoms with van der Waals surface area (Å²) < 4.78 is 35.1. The Morgan fingerprint density at radius 1 is 1.07 bits per heavy atom. The van der Waals surface area contributed by atoms with E-state index in [9.17, 15) is 23.1 Å². The normalized spacial score (nSPS) is 11.1. The maximum Gasteiger partial charge on any atom is 0.335 e. The first-order valence-electron chi connectivity index (χ1n) is 8.19. The molecular weight excluding hydrogens is 400 g/mol. The van der Waals surface area contributed by atoms with Crippen LogP contribution in [0.2, 0.25) is 0 Å². The van der Waals surface area contributed by atoms with Gasteiger partial charge in [-0.3, -0.25) is 9.52 Å². The van der Waals surface area contributed by atoms with Crippen molar-refractivity contribution in [3.8, 4) is 11.5 Å². The Morgan fingerprint density at radius 2 is 1.72 bits per heavy atom. The highest BCUT2D eigenvalue weighted by Gasteiger charge is 2.17. The van der Waals surface area contributed by atoms with E-state index in [1.54, 1.807) is 24.3 Å². The van der Waals surface area contributed by atoms with Crippen LogP contribution in [0.4, 0.5) is 11.4 Å². The molecule has 0 saturated heterocycles. The number of anilines is 2. The fourth-order valence-corrected chi connectivity index (χ4v) is 2.97. The highest BCUT2D eigenvalue weighted by molar-refractivity contribution is 7.92. The highest BCUT2D eigenvalue weighted by atomic mass is 32.2. The lowest BCUT2D eigenvalue weighted by molar-refractivity contribution is -0.111. The highest BCUT2D eigenvalue weighted by Crippen LogP contribution is 2.36. The molecular formula is C19H20N2O7S. The zero-order valence-corrected chi connectivity index (χ0v) is 16.7. The molecule has 2 aromatic rings. The molecule has 0 unspecified atom stereocenters. The van der Waals surface area contributed by atoms with Crippen molar-refractivity contribution in [1.29, 1.82) is 0 Å². The van der Waals surface area contributed by atoms with Gasteiger partial charge < -0.3 is 19.9 Å². The number of nitrogens with one attached hydrogen (secondary N) is 2. The van der Waals surface area contributed by atoms with Crippen molar-refractivity contribution in [2.45, 2.75) is 0 Å². The van der Waals surface area contributed by atoms with Gasteiger partial charge in [0, 0.05) is 11.8 Å². The molecule has 2 aromatic carbocycles. The van der Waals surface area contributed by atoms with Crippen LogP contribution >= 0.6 is 0 Å². The number of carbonyl (C=O) groups is 2. The van der Waals surface area contributed by atoms with Gasteiger partial charge in [0.25, 0.3) is 0 Å². The van der Waals surface area contributed by atoms with Gasteiger partial charge in [0.1, 0.15) is 0 Å². The predicted octanol–water partition coefficient (Wildman–Crippen LogP) is 2.43. The molecule has 1 amide bonds. The summed E-state index contributed by atoms with van der Waals surface area (Å²) in [6, 6.07) is 8.93. The molecule has 0 saturated carbocycles. The first-order chi connectivity index (χ1) is 13.6. The van der Waals surface area contributed by atoms with Gasteiger partial charge in [-0.1, -0.05) is 12.1 Å². The minimum atomic E-state index is -3.37. The van der Waals surface area contributed by atoms with Gasteiger partial charge in [0.15, 0.2) is 11.5 Å². The molecule has 0 fully saturated rings. The fourth-order valence-electron chi connectivity index (χ4n) is 2.40. The summed E-state index contributed by atoms with van der Waals surface area (Å²) in [6.07, 6.45) is 3.82. The molecule has 0 aliphatic rings. The average Bonchev–Trinajstić information content (AvgIpc) is 2.65. The van der Waals surface area contributed by atoms with E-state index < -0.39 is 21.9 Å². The van der Waals surface area contributed by atoms with Crippen LogP contribution in [0.3, 0.4) is 0 Å². The van der Waals surface area contributed by atoms with E-state index in [0.717, 1.165) is 6.26 Å². The quantitative estimate of drug-likeness (QED) is 0.559. The van der Waals surface area contributed by atoms with Gasteiger partial charge in [-0.05, 0) is 35.9 Å². The zero-order chi connectivity index (χ0) is 21.6. The Hall–Kier alpha value is -3.53. The third-order valence-electron chi connectivity index (χ3n) is 3.62. The van der Waals surface area contributed by atoms with Crippen LogP contribution < -0.4 is 19.5 Å². The minimum absolute atomic E-state index is 0.0732. The van der Waals surface area contributed by atoms with Crippen LogP contribution in [-0.4, -0.2) is 45.9 Å². The van der Waals surface area contributed by atoms with Gasteiger partial charge in [-0.2, -0.15) is 0 Å². The number of methoxy groups -OCH3 is 2. The van der Waals surface area contributed by atoms with Crippen molar-refractivity contribution in [2.24, 2.45) is 0 Å². The molecule has 0 spiro atoms. The largest absolute Gasteiger partial charge is 0.493 e. The van der Waals surface area contributed by atoms with E-state index in [1.807, 2.05) is 0 Å². The number of benzene rings is 2. The lowest BCUT2D eigenvalue weighted by atomic mass is 10.1.